The number of hydrogen-bond acceptors (Lipinski definition) is 1. The van der Waals surface area contributed by atoms with Crippen molar-refractivity contribution in [1.82, 2.24) is 4.90 Å². The fraction of sp³-hybridized carbons (Fsp3) is 0.667. The van der Waals surface area contributed by atoms with Crippen LogP contribution in [0.3, 0.4) is 0 Å². The molecule has 0 rings (SSSR count). The lowest BCUT2D eigenvalue weighted by molar-refractivity contribution is 0.334. The molecular weight excluding hydrogens is 238 g/mol. The molecule has 2 heteroatoms. The molecule has 0 radical (unpaired) electrons. The van der Waals surface area contributed by atoms with E-state index in [1.165, 1.54) is 11.1 Å². The molecule has 0 N–H and O–H groups in total. The molecule has 0 aliphatic heterocycles. The first-order valence-electron chi connectivity index (χ1n) is 5.19. The van der Waals surface area contributed by atoms with Gasteiger partial charge in [0.2, 0.25) is 0 Å². The van der Waals surface area contributed by atoms with Crippen LogP contribution >= 0.6 is 17.0 Å². The minimum Gasteiger partial charge on any atom is -0.296 e. The molecule has 0 saturated carbocycles. The van der Waals surface area contributed by atoms with Crippen molar-refractivity contribution in [2.24, 2.45) is 0 Å². The van der Waals surface area contributed by atoms with Gasteiger partial charge in [-0.2, -0.15) is 0 Å². The lowest BCUT2D eigenvalue weighted by Gasteiger charge is -2.21. The highest BCUT2D eigenvalue weighted by atomic mass is 79.9. The summed E-state index contributed by atoms with van der Waals surface area (Å²) in [6.45, 7) is 17.7. The highest BCUT2D eigenvalue weighted by Crippen LogP contribution is 2.05. The molecule has 0 aliphatic rings. The second-order valence-electron chi connectivity index (χ2n) is 3.51. The molecule has 0 aromatic heterocycles. The Hall–Kier alpha value is -0.0800. The average Bonchev–Trinajstić information content (AvgIpc) is 2.16. The van der Waals surface area contributed by atoms with Crippen LogP contribution in [0.5, 0.6) is 0 Å². The van der Waals surface area contributed by atoms with Crippen LogP contribution < -0.4 is 0 Å². The van der Waals surface area contributed by atoms with Crippen molar-refractivity contribution in [2.45, 2.75) is 33.6 Å². The normalized spacial score (nSPS) is 9.71. The summed E-state index contributed by atoms with van der Waals surface area (Å²) in [5.74, 6) is 0. The highest BCUT2D eigenvalue weighted by Gasteiger charge is 2.03. The smallest absolute Gasteiger partial charge is 0.0193 e. The average molecular weight is 262 g/mol. The minimum atomic E-state index is 0. The molecule has 0 aromatic carbocycles. The molecule has 0 aromatic rings. The Kier molecular flexibility index (Phi) is 11.1. The molecule has 14 heavy (non-hydrogen) atoms. The van der Waals surface area contributed by atoms with Gasteiger partial charge < -0.3 is 0 Å². The summed E-state index contributed by atoms with van der Waals surface area (Å²) in [4.78, 5) is 2.39. The maximum atomic E-state index is 4.02. The fourth-order valence-corrected chi connectivity index (χ4v) is 1.14. The van der Waals surface area contributed by atoms with E-state index in [9.17, 15) is 0 Å². The number of rotatable bonds is 7. The van der Waals surface area contributed by atoms with Gasteiger partial charge in [0, 0.05) is 13.1 Å². The molecule has 0 unspecified atom stereocenters. The van der Waals surface area contributed by atoms with Crippen molar-refractivity contribution in [3.63, 3.8) is 0 Å². The third-order valence-electron chi connectivity index (χ3n) is 2.34. The molecule has 0 saturated heterocycles. The highest BCUT2D eigenvalue weighted by molar-refractivity contribution is 8.93. The van der Waals surface area contributed by atoms with Crippen LogP contribution in [0.2, 0.25) is 0 Å². The zero-order valence-electron chi connectivity index (χ0n) is 9.81. The third kappa shape index (κ3) is 7.34. The van der Waals surface area contributed by atoms with E-state index in [2.05, 4.69) is 38.8 Å². The summed E-state index contributed by atoms with van der Waals surface area (Å²) in [5.41, 5.74) is 2.62. The van der Waals surface area contributed by atoms with Crippen LogP contribution in [0.1, 0.15) is 33.6 Å². The van der Waals surface area contributed by atoms with E-state index in [-0.39, 0.29) is 17.0 Å². The molecule has 0 bridgehead atoms. The predicted molar refractivity (Wildman–Crippen MR) is 71.3 cm³/mol. The maximum absolute atomic E-state index is 4.02. The first-order chi connectivity index (χ1) is 6.13. The van der Waals surface area contributed by atoms with Gasteiger partial charge in [-0.3, -0.25) is 4.90 Å². The van der Waals surface area contributed by atoms with Crippen molar-refractivity contribution in [1.29, 1.82) is 0 Å². The van der Waals surface area contributed by atoms with Gasteiger partial charge in [-0.1, -0.05) is 45.1 Å². The quantitative estimate of drug-likeness (QED) is 0.630. The van der Waals surface area contributed by atoms with Crippen molar-refractivity contribution in [2.75, 3.05) is 19.6 Å². The molecule has 0 atom stereocenters. The topological polar surface area (TPSA) is 3.24 Å². The van der Waals surface area contributed by atoms with E-state index >= 15 is 0 Å². The van der Waals surface area contributed by atoms with Crippen LogP contribution in [0.15, 0.2) is 24.3 Å². The van der Waals surface area contributed by atoms with E-state index in [0.717, 1.165) is 32.5 Å². The van der Waals surface area contributed by atoms with Gasteiger partial charge in [0.05, 0.1) is 0 Å². The Morgan fingerprint density at radius 1 is 0.929 bits per heavy atom. The van der Waals surface area contributed by atoms with Gasteiger partial charge >= 0.3 is 0 Å². The summed E-state index contributed by atoms with van der Waals surface area (Å²) < 4.78 is 0. The van der Waals surface area contributed by atoms with Crippen molar-refractivity contribution in [3.05, 3.63) is 24.3 Å². The fourth-order valence-electron chi connectivity index (χ4n) is 1.14. The van der Waals surface area contributed by atoms with Gasteiger partial charge in [0.15, 0.2) is 0 Å². The number of halogens is 1. The summed E-state index contributed by atoms with van der Waals surface area (Å²) in [6, 6.07) is 0. The van der Waals surface area contributed by atoms with Crippen LogP contribution in [0.4, 0.5) is 0 Å². The van der Waals surface area contributed by atoms with Crippen LogP contribution in [-0.2, 0) is 0 Å². The zero-order chi connectivity index (χ0) is 10.3. The molecular formula is C12H24BrN. The van der Waals surface area contributed by atoms with E-state index in [1.807, 2.05) is 0 Å². The van der Waals surface area contributed by atoms with Crippen LogP contribution in [-0.4, -0.2) is 24.5 Å². The molecule has 0 spiro atoms. The van der Waals surface area contributed by atoms with Gasteiger partial charge in [-0.15, -0.1) is 17.0 Å². The number of nitrogens with zero attached hydrogens (tertiary/aromatic N) is 1. The lowest BCUT2D eigenvalue weighted by atomic mass is 10.2. The Labute approximate surface area is 99.6 Å². The SMILES string of the molecule is Br.C=C(CC)CN(CC)CC(=C)CC. The summed E-state index contributed by atoms with van der Waals surface area (Å²) in [5, 5.41) is 0. The van der Waals surface area contributed by atoms with E-state index in [4.69, 9.17) is 0 Å². The summed E-state index contributed by atoms with van der Waals surface area (Å²) in [7, 11) is 0. The first-order valence-corrected chi connectivity index (χ1v) is 5.19. The lowest BCUT2D eigenvalue weighted by Crippen LogP contribution is -2.27. The zero-order valence-corrected chi connectivity index (χ0v) is 11.5. The van der Waals surface area contributed by atoms with Gasteiger partial charge in [-0.25, -0.2) is 0 Å². The molecule has 0 amide bonds. The standard InChI is InChI=1S/C12H23N.BrH/c1-6-11(4)9-13(8-3)10-12(5)7-2;/h4-10H2,1-3H3;1H. The molecule has 0 heterocycles. The van der Waals surface area contributed by atoms with E-state index in [0.29, 0.717) is 0 Å². The van der Waals surface area contributed by atoms with Gasteiger partial charge in [0.1, 0.15) is 0 Å². The van der Waals surface area contributed by atoms with Gasteiger partial charge in [0.25, 0.3) is 0 Å². The monoisotopic (exact) mass is 261 g/mol. The molecule has 84 valence electrons. The third-order valence-corrected chi connectivity index (χ3v) is 2.34. The van der Waals surface area contributed by atoms with Crippen molar-refractivity contribution in [3.8, 4) is 0 Å². The molecule has 1 nitrogen and oxygen atoms in total. The van der Waals surface area contributed by atoms with E-state index < -0.39 is 0 Å². The van der Waals surface area contributed by atoms with Gasteiger partial charge in [-0.05, 0) is 19.4 Å². The molecule has 0 aliphatic carbocycles. The van der Waals surface area contributed by atoms with Crippen LogP contribution in [0.25, 0.3) is 0 Å². The van der Waals surface area contributed by atoms with Crippen molar-refractivity contribution < 1.29 is 0 Å². The Morgan fingerprint density at radius 2 is 1.29 bits per heavy atom. The molecule has 0 fully saturated rings. The number of hydrogen-bond donors (Lipinski definition) is 0. The largest absolute Gasteiger partial charge is 0.296 e. The van der Waals surface area contributed by atoms with E-state index in [1.54, 1.807) is 0 Å². The number of likely N-dealkylation sites (N-methyl/N-ethyl adjacent to an activating group) is 1. The maximum Gasteiger partial charge on any atom is 0.0193 e. The second kappa shape index (κ2) is 9.47. The van der Waals surface area contributed by atoms with Crippen molar-refractivity contribution >= 4 is 17.0 Å². The Balaban J connectivity index is 0. The summed E-state index contributed by atoms with van der Waals surface area (Å²) in [6.07, 6.45) is 2.16. The minimum absolute atomic E-state index is 0. The second-order valence-corrected chi connectivity index (χ2v) is 3.51. The summed E-state index contributed by atoms with van der Waals surface area (Å²) >= 11 is 0. The predicted octanol–water partition coefficient (Wildman–Crippen LogP) is 3.82. The first kappa shape index (κ1) is 16.4. The van der Waals surface area contributed by atoms with Crippen LogP contribution in [0, 0.1) is 0 Å². The Bertz CT molecular complexity index is 157. The Morgan fingerprint density at radius 3 is 1.50 bits per heavy atom.